The van der Waals surface area contributed by atoms with E-state index in [-0.39, 0.29) is 0 Å². The van der Waals surface area contributed by atoms with Crippen molar-refractivity contribution in [2.24, 2.45) is 5.41 Å². The molecule has 0 saturated carbocycles. The van der Waals surface area contributed by atoms with Gasteiger partial charge in [0, 0.05) is 36.6 Å². The van der Waals surface area contributed by atoms with Gasteiger partial charge >= 0.3 is 0 Å². The molecule has 1 fully saturated rings. The lowest BCUT2D eigenvalue weighted by molar-refractivity contribution is -0.0924. The van der Waals surface area contributed by atoms with E-state index in [0.29, 0.717) is 5.41 Å². The van der Waals surface area contributed by atoms with Gasteiger partial charge in [0.05, 0.1) is 19.5 Å². The molecule has 0 unspecified atom stereocenters. The summed E-state index contributed by atoms with van der Waals surface area (Å²) in [7, 11) is 0. The smallest absolute Gasteiger partial charge is 0.0949 e. The van der Waals surface area contributed by atoms with Crippen molar-refractivity contribution in [3.8, 4) is 0 Å². The quantitative estimate of drug-likeness (QED) is 0.894. The highest BCUT2D eigenvalue weighted by Crippen LogP contribution is 2.26. The minimum absolute atomic E-state index is 0.292. The summed E-state index contributed by atoms with van der Waals surface area (Å²) < 4.78 is 7.34. The number of anilines is 1. The van der Waals surface area contributed by atoms with E-state index in [1.807, 2.05) is 12.5 Å². The molecule has 0 bridgehead atoms. The fraction of sp³-hybridized carbons (Fsp3) is 0.400. The Kier molecular flexibility index (Phi) is 3.25. The molecule has 4 nitrogen and oxygen atoms in total. The van der Waals surface area contributed by atoms with Crippen LogP contribution in [0.4, 0.5) is 5.69 Å². The summed E-state index contributed by atoms with van der Waals surface area (Å²) in [6, 6.07) is 8.54. The van der Waals surface area contributed by atoms with E-state index in [1.54, 1.807) is 6.20 Å². The maximum atomic E-state index is 5.27. The van der Waals surface area contributed by atoms with Crippen LogP contribution in [0.15, 0.2) is 43.0 Å². The zero-order chi connectivity index (χ0) is 13.1. The lowest BCUT2D eigenvalue weighted by atomic mass is 9.88. The third kappa shape index (κ3) is 2.96. The number of rotatable bonds is 5. The second-order valence-corrected chi connectivity index (χ2v) is 5.59. The molecule has 19 heavy (non-hydrogen) atoms. The number of hydrogen-bond donors (Lipinski definition) is 1. The molecule has 1 N–H and O–H groups in total. The van der Waals surface area contributed by atoms with E-state index < -0.39 is 0 Å². The van der Waals surface area contributed by atoms with E-state index >= 15 is 0 Å². The molecule has 1 aromatic heterocycles. The minimum atomic E-state index is 0.292. The van der Waals surface area contributed by atoms with Crippen LogP contribution in [0.2, 0.25) is 0 Å². The van der Waals surface area contributed by atoms with Gasteiger partial charge in [0.2, 0.25) is 0 Å². The van der Waals surface area contributed by atoms with Crippen molar-refractivity contribution >= 4 is 5.69 Å². The standard InChI is InChI=1S/C15H19N3O/c1-15(10-19-11-15)9-17-14-4-2-3-13(7-14)8-18-6-5-16-12-18/h2-7,12,17H,8-11H2,1H3. The summed E-state index contributed by atoms with van der Waals surface area (Å²) in [5.41, 5.74) is 2.74. The maximum Gasteiger partial charge on any atom is 0.0949 e. The average Bonchev–Trinajstić information content (AvgIpc) is 2.87. The van der Waals surface area contributed by atoms with Crippen molar-refractivity contribution in [1.29, 1.82) is 0 Å². The molecule has 0 spiro atoms. The molecule has 0 aliphatic carbocycles. The van der Waals surface area contributed by atoms with E-state index in [9.17, 15) is 0 Å². The van der Waals surface area contributed by atoms with E-state index in [1.165, 1.54) is 11.3 Å². The SMILES string of the molecule is CC1(CNc2cccc(Cn3ccnc3)c2)COC1. The van der Waals surface area contributed by atoms with Crippen molar-refractivity contribution in [3.05, 3.63) is 48.5 Å². The first kappa shape index (κ1) is 12.2. The molecule has 2 aromatic rings. The predicted molar refractivity (Wildman–Crippen MR) is 75.2 cm³/mol. The molecule has 1 aromatic carbocycles. The molecule has 4 heteroatoms. The normalized spacial score (nSPS) is 16.9. The highest BCUT2D eigenvalue weighted by atomic mass is 16.5. The summed E-state index contributed by atoms with van der Waals surface area (Å²) in [4.78, 5) is 4.06. The molecule has 2 heterocycles. The molecular weight excluding hydrogens is 238 g/mol. The topological polar surface area (TPSA) is 39.1 Å². The van der Waals surface area contributed by atoms with Crippen LogP contribution in [0.3, 0.4) is 0 Å². The number of aromatic nitrogens is 2. The monoisotopic (exact) mass is 257 g/mol. The third-order valence-corrected chi connectivity index (χ3v) is 3.47. The molecule has 1 aliphatic heterocycles. The highest BCUT2D eigenvalue weighted by Gasteiger charge is 2.32. The van der Waals surface area contributed by atoms with Gasteiger partial charge in [-0.25, -0.2) is 4.98 Å². The zero-order valence-corrected chi connectivity index (χ0v) is 11.2. The predicted octanol–water partition coefficient (Wildman–Crippen LogP) is 2.38. The van der Waals surface area contributed by atoms with E-state index in [4.69, 9.17) is 4.74 Å². The third-order valence-electron chi connectivity index (χ3n) is 3.47. The van der Waals surface area contributed by atoms with Crippen LogP contribution < -0.4 is 5.32 Å². The van der Waals surface area contributed by atoms with Gasteiger partial charge in [-0.1, -0.05) is 19.1 Å². The van der Waals surface area contributed by atoms with Gasteiger partial charge in [0.25, 0.3) is 0 Å². The van der Waals surface area contributed by atoms with Gasteiger partial charge in [0.15, 0.2) is 0 Å². The fourth-order valence-corrected chi connectivity index (χ4v) is 2.24. The number of imidazole rings is 1. The molecular formula is C15H19N3O. The van der Waals surface area contributed by atoms with E-state index in [0.717, 1.165) is 26.3 Å². The Balaban J connectivity index is 1.62. The van der Waals surface area contributed by atoms with E-state index in [2.05, 4.69) is 46.1 Å². The minimum Gasteiger partial charge on any atom is -0.384 e. The molecule has 3 rings (SSSR count). The van der Waals surface area contributed by atoms with Gasteiger partial charge < -0.3 is 14.6 Å². The molecule has 0 atom stereocenters. The van der Waals surface area contributed by atoms with Crippen molar-refractivity contribution in [2.75, 3.05) is 25.1 Å². The number of nitrogens with zero attached hydrogens (tertiary/aromatic N) is 2. The summed E-state index contributed by atoms with van der Waals surface area (Å²) in [5, 5.41) is 3.50. The number of benzene rings is 1. The number of ether oxygens (including phenoxy) is 1. The van der Waals surface area contributed by atoms with Gasteiger partial charge in [0.1, 0.15) is 0 Å². The second kappa shape index (κ2) is 5.05. The highest BCUT2D eigenvalue weighted by molar-refractivity contribution is 5.46. The van der Waals surface area contributed by atoms with Crippen molar-refractivity contribution < 1.29 is 4.74 Å². The van der Waals surface area contributed by atoms with Gasteiger partial charge in [-0.2, -0.15) is 0 Å². The van der Waals surface area contributed by atoms with Crippen molar-refractivity contribution in [1.82, 2.24) is 9.55 Å². The van der Waals surface area contributed by atoms with Crippen LogP contribution in [-0.4, -0.2) is 29.3 Å². The number of hydrogen-bond acceptors (Lipinski definition) is 3. The Morgan fingerprint density at radius 2 is 2.32 bits per heavy atom. The van der Waals surface area contributed by atoms with Gasteiger partial charge in [-0.05, 0) is 17.7 Å². The zero-order valence-electron chi connectivity index (χ0n) is 11.2. The molecule has 100 valence electrons. The van der Waals surface area contributed by atoms with Gasteiger partial charge in [-0.15, -0.1) is 0 Å². The average molecular weight is 257 g/mol. The first-order valence-electron chi connectivity index (χ1n) is 6.60. The maximum absolute atomic E-state index is 5.27. The van der Waals surface area contributed by atoms with Crippen LogP contribution in [0.1, 0.15) is 12.5 Å². The van der Waals surface area contributed by atoms with Crippen LogP contribution in [0.5, 0.6) is 0 Å². The largest absolute Gasteiger partial charge is 0.384 e. The molecule has 0 amide bonds. The Hall–Kier alpha value is -1.81. The van der Waals surface area contributed by atoms with Crippen LogP contribution in [-0.2, 0) is 11.3 Å². The summed E-state index contributed by atoms with van der Waals surface area (Å²) >= 11 is 0. The summed E-state index contributed by atoms with van der Waals surface area (Å²) in [5.74, 6) is 0. The Morgan fingerprint density at radius 3 is 3.00 bits per heavy atom. The Morgan fingerprint density at radius 1 is 1.42 bits per heavy atom. The van der Waals surface area contributed by atoms with Crippen LogP contribution >= 0.6 is 0 Å². The van der Waals surface area contributed by atoms with Crippen LogP contribution in [0, 0.1) is 5.41 Å². The van der Waals surface area contributed by atoms with Gasteiger partial charge in [-0.3, -0.25) is 0 Å². The molecule has 1 aliphatic rings. The van der Waals surface area contributed by atoms with Crippen molar-refractivity contribution in [3.63, 3.8) is 0 Å². The summed E-state index contributed by atoms with van der Waals surface area (Å²) in [6.45, 7) is 5.78. The second-order valence-electron chi connectivity index (χ2n) is 5.59. The molecule has 0 radical (unpaired) electrons. The number of nitrogens with one attached hydrogen (secondary N) is 1. The Bertz CT molecular complexity index is 532. The lowest BCUT2D eigenvalue weighted by Crippen LogP contribution is -2.45. The summed E-state index contributed by atoms with van der Waals surface area (Å²) in [6.07, 6.45) is 5.62. The first-order chi connectivity index (χ1) is 9.23. The van der Waals surface area contributed by atoms with Crippen molar-refractivity contribution in [2.45, 2.75) is 13.5 Å². The fourth-order valence-electron chi connectivity index (χ4n) is 2.24. The molecule has 1 saturated heterocycles. The first-order valence-corrected chi connectivity index (χ1v) is 6.60. The van der Waals surface area contributed by atoms with Crippen LogP contribution in [0.25, 0.3) is 0 Å². The Labute approximate surface area is 113 Å². The lowest BCUT2D eigenvalue weighted by Gasteiger charge is -2.38.